The van der Waals surface area contributed by atoms with Crippen LogP contribution in [0.2, 0.25) is 0 Å². The molecule has 0 spiro atoms. The quantitative estimate of drug-likeness (QED) is 0.492. The Hall–Kier alpha value is -0.860. The first-order chi connectivity index (χ1) is 4.25. The number of carbonyl (C=O) groups is 2. The molecule has 0 aromatic rings. The summed E-state index contributed by atoms with van der Waals surface area (Å²) in [7, 11) is 0. The third-order valence-corrected chi connectivity index (χ3v) is 1.60. The molecule has 1 rings (SSSR count). The van der Waals surface area contributed by atoms with Gasteiger partial charge in [-0.3, -0.25) is 9.59 Å². The Bertz CT molecular complexity index is 153. The Morgan fingerprint density at radius 1 is 1.67 bits per heavy atom. The van der Waals surface area contributed by atoms with Crippen molar-refractivity contribution in [3.8, 4) is 0 Å². The van der Waals surface area contributed by atoms with Gasteiger partial charge in [-0.25, -0.2) is 0 Å². The maximum absolute atomic E-state index is 10.7. The first-order valence-electron chi connectivity index (χ1n) is 3.07. The number of nitrogens with one attached hydrogen (secondary N) is 1. The van der Waals surface area contributed by atoms with Gasteiger partial charge in [0.15, 0.2) is 0 Å². The van der Waals surface area contributed by atoms with Gasteiger partial charge in [-0.15, -0.1) is 0 Å². The molecule has 1 heterocycles. The van der Waals surface area contributed by atoms with Crippen LogP contribution in [-0.2, 0) is 9.59 Å². The van der Waals surface area contributed by atoms with Gasteiger partial charge in [0, 0.05) is 12.5 Å². The van der Waals surface area contributed by atoms with Crippen LogP contribution in [0.4, 0.5) is 0 Å². The van der Waals surface area contributed by atoms with Crippen molar-refractivity contribution in [2.75, 3.05) is 6.54 Å². The maximum Gasteiger partial charge on any atom is 0.287 e. The summed E-state index contributed by atoms with van der Waals surface area (Å²) in [5.41, 5.74) is 0. The molecule has 0 aromatic carbocycles. The number of Topliss-reactive ketones (excluding diaryl/α,β-unsaturated/α-hetero) is 1. The molecule has 1 saturated heterocycles. The normalized spacial score (nSPS) is 26.6. The van der Waals surface area contributed by atoms with Crippen LogP contribution in [0.25, 0.3) is 0 Å². The number of amides is 1. The van der Waals surface area contributed by atoms with Gasteiger partial charge in [0.05, 0.1) is 0 Å². The zero-order valence-electron chi connectivity index (χ0n) is 5.31. The lowest BCUT2D eigenvalue weighted by atomic mass is 10.1. The lowest BCUT2D eigenvalue weighted by molar-refractivity contribution is -0.136. The van der Waals surface area contributed by atoms with E-state index in [1.807, 2.05) is 6.92 Å². The second-order valence-corrected chi connectivity index (χ2v) is 2.18. The lowest BCUT2D eigenvalue weighted by Gasteiger charge is -1.95. The molecular weight excluding hydrogens is 118 g/mol. The molecule has 0 radical (unpaired) electrons. The van der Waals surface area contributed by atoms with Crippen molar-refractivity contribution in [1.82, 2.24) is 5.32 Å². The van der Waals surface area contributed by atoms with Crippen molar-refractivity contribution in [3.63, 3.8) is 0 Å². The van der Waals surface area contributed by atoms with E-state index in [-0.39, 0.29) is 11.7 Å². The van der Waals surface area contributed by atoms with E-state index in [9.17, 15) is 9.59 Å². The smallest absolute Gasteiger partial charge is 0.287 e. The molecule has 1 fully saturated rings. The monoisotopic (exact) mass is 127 g/mol. The van der Waals surface area contributed by atoms with Crippen LogP contribution in [0.3, 0.4) is 0 Å². The van der Waals surface area contributed by atoms with Gasteiger partial charge in [-0.05, 0) is 6.42 Å². The van der Waals surface area contributed by atoms with Crippen molar-refractivity contribution in [3.05, 3.63) is 0 Å². The van der Waals surface area contributed by atoms with Gasteiger partial charge in [0.2, 0.25) is 5.78 Å². The summed E-state index contributed by atoms with van der Waals surface area (Å²) in [5, 5.41) is 2.48. The molecule has 0 aromatic heterocycles. The Balaban J connectivity index is 2.62. The van der Waals surface area contributed by atoms with Crippen molar-refractivity contribution in [2.24, 2.45) is 5.92 Å². The zero-order chi connectivity index (χ0) is 6.85. The van der Waals surface area contributed by atoms with Gasteiger partial charge in [0.25, 0.3) is 5.91 Å². The fraction of sp³-hybridized carbons (Fsp3) is 0.667. The van der Waals surface area contributed by atoms with Crippen LogP contribution in [-0.4, -0.2) is 18.2 Å². The third kappa shape index (κ3) is 0.943. The van der Waals surface area contributed by atoms with Crippen molar-refractivity contribution < 1.29 is 9.59 Å². The minimum absolute atomic E-state index is 0.0579. The number of hydrogen-bond donors (Lipinski definition) is 1. The zero-order valence-corrected chi connectivity index (χ0v) is 5.31. The summed E-state index contributed by atoms with van der Waals surface area (Å²) in [6.45, 7) is 2.44. The van der Waals surface area contributed by atoms with E-state index in [1.54, 1.807) is 0 Å². The van der Waals surface area contributed by atoms with Crippen molar-refractivity contribution >= 4 is 11.7 Å². The predicted molar refractivity (Wildman–Crippen MR) is 31.8 cm³/mol. The van der Waals surface area contributed by atoms with E-state index < -0.39 is 5.91 Å². The molecule has 0 saturated carbocycles. The molecule has 1 aliphatic heterocycles. The van der Waals surface area contributed by atoms with E-state index in [0.29, 0.717) is 6.54 Å². The standard InChI is InChI=1S/C6H9NO2/c1-2-4-3-7-6(9)5(4)8/h4H,2-3H2,1H3,(H,7,9). The number of ketones is 1. The summed E-state index contributed by atoms with van der Waals surface area (Å²) in [4.78, 5) is 21.2. The van der Waals surface area contributed by atoms with Gasteiger partial charge in [-0.1, -0.05) is 6.92 Å². The maximum atomic E-state index is 10.7. The molecule has 9 heavy (non-hydrogen) atoms. The molecule has 3 nitrogen and oxygen atoms in total. The number of hydrogen-bond acceptors (Lipinski definition) is 2. The number of rotatable bonds is 1. The molecule has 0 aliphatic carbocycles. The minimum atomic E-state index is -0.415. The van der Waals surface area contributed by atoms with E-state index >= 15 is 0 Å². The lowest BCUT2D eigenvalue weighted by Crippen LogP contribution is -2.18. The average Bonchev–Trinajstić information content (AvgIpc) is 2.15. The van der Waals surface area contributed by atoms with Gasteiger partial charge in [0.1, 0.15) is 0 Å². The summed E-state index contributed by atoms with van der Waals surface area (Å²) < 4.78 is 0. The summed E-state index contributed by atoms with van der Waals surface area (Å²) in [6, 6.07) is 0. The molecule has 0 bridgehead atoms. The Kier molecular flexibility index (Phi) is 1.51. The fourth-order valence-corrected chi connectivity index (χ4v) is 0.911. The highest BCUT2D eigenvalue weighted by molar-refractivity contribution is 6.38. The van der Waals surface area contributed by atoms with E-state index in [2.05, 4.69) is 5.32 Å². The van der Waals surface area contributed by atoms with E-state index in [1.165, 1.54) is 0 Å². The SMILES string of the molecule is CCC1CNC(=O)C1=O. The highest BCUT2D eigenvalue weighted by Crippen LogP contribution is 2.07. The topological polar surface area (TPSA) is 46.2 Å². The second kappa shape index (κ2) is 2.17. The molecule has 1 N–H and O–H groups in total. The fourth-order valence-electron chi connectivity index (χ4n) is 0.911. The van der Waals surface area contributed by atoms with Crippen LogP contribution in [0, 0.1) is 5.92 Å². The largest absolute Gasteiger partial charge is 0.349 e. The highest BCUT2D eigenvalue weighted by Gasteiger charge is 2.30. The van der Waals surface area contributed by atoms with Crippen LogP contribution in [0.15, 0.2) is 0 Å². The number of carbonyl (C=O) groups excluding carboxylic acids is 2. The van der Waals surface area contributed by atoms with Crippen molar-refractivity contribution in [2.45, 2.75) is 13.3 Å². The molecule has 1 aliphatic rings. The van der Waals surface area contributed by atoms with Gasteiger partial charge in [-0.2, -0.15) is 0 Å². The Morgan fingerprint density at radius 2 is 2.33 bits per heavy atom. The Morgan fingerprint density at radius 3 is 2.56 bits per heavy atom. The highest BCUT2D eigenvalue weighted by atomic mass is 16.2. The molecule has 1 unspecified atom stereocenters. The van der Waals surface area contributed by atoms with Crippen LogP contribution in [0.5, 0.6) is 0 Å². The van der Waals surface area contributed by atoms with Crippen LogP contribution < -0.4 is 5.32 Å². The van der Waals surface area contributed by atoms with Crippen LogP contribution in [0.1, 0.15) is 13.3 Å². The predicted octanol–water partition coefficient (Wildman–Crippen LogP) is -0.289. The average molecular weight is 127 g/mol. The Labute approximate surface area is 53.4 Å². The first kappa shape index (κ1) is 6.26. The van der Waals surface area contributed by atoms with Crippen LogP contribution >= 0.6 is 0 Å². The van der Waals surface area contributed by atoms with Gasteiger partial charge < -0.3 is 5.32 Å². The first-order valence-corrected chi connectivity index (χ1v) is 3.07. The summed E-state index contributed by atoms with van der Waals surface area (Å²) >= 11 is 0. The van der Waals surface area contributed by atoms with E-state index in [4.69, 9.17) is 0 Å². The molecule has 1 atom stereocenters. The van der Waals surface area contributed by atoms with Crippen molar-refractivity contribution in [1.29, 1.82) is 0 Å². The summed E-state index contributed by atoms with van der Waals surface area (Å²) in [5.74, 6) is -0.725. The molecule has 1 amide bonds. The third-order valence-electron chi connectivity index (χ3n) is 1.60. The van der Waals surface area contributed by atoms with Gasteiger partial charge >= 0.3 is 0 Å². The minimum Gasteiger partial charge on any atom is -0.349 e. The second-order valence-electron chi connectivity index (χ2n) is 2.18. The molecule has 3 heteroatoms. The van der Waals surface area contributed by atoms with E-state index in [0.717, 1.165) is 6.42 Å². The molecule has 50 valence electrons. The molecular formula is C6H9NO2. The summed E-state index contributed by atoms with van der Waals surface area (Å²) in [6.07, 6.45) is 0.761.